The second-order valence-corrected chi connectivity index (χ2v) is 4.26. The van der Waals surface area contributed by atoms with Crippen LogP contribution in [-0.4, -0.2) is 12.1 Å². The van der Waals surface area contributed by atoms with E-state index in [9.17, 15) is 0 Å². The molecular formula is C13H12BrNO2. The minimum atomic E-state index is 0.521. The van der Waals surface area contributed by atoms with Gasteiger partial charge in [-0.25, -0.2) is 4.98 Å². The van der Waals surface area contributed by atoms with Crippen LogP contribution in [0.3, 0.4) is 0 Å². The van der Waals surface area contributed by atoms with Gasteiger partial charge in [-0.15, -0.1) is 0 Å². The zero-order chi connectivity index (χ0) is 12.1. The highest BCUT2D eigenvalue weighted by atomic mass is 79.9. The summed E-state index contributed by atoms with van der Waals surface area (Å²) >= 11 is 3.32. The monoisotopic (exact) mass is 293 g/mol. The fraction of sp³-hybridized carbons (Fsp3) is 0.154. The van der Waals surface area contributed by atoms with Crippen LogP contribution in [0.2, 0.25) is 0 Å². The van der Waals surface area contributed by atoms with Crippen LogP contribution in [0, 0.1) is 0 Å². The average molecular weight is 294 g/mol. The van der Waals surface area contributed by atoms with Gasteiger partial charge >= 0.3 is 0 Å². The molecule has 0 spiro atoms. The van der Waals surface area contributed by atoms with Crippen molar-refractivity contribution in [1.29, 1.82) is 0 Å². The summed E-state index contributed by atoms with van der Waals surface area (Å²) in [4.78, 5) is 4.06. The lowest BCUT2D eigenvalue weighted by atomic mass is 10.3. The van der Waals surface area contributed by atoms with Crippen LogP contribution in [-0.2, 0) is 6.61 Å². The molecule has 0 radical (unpaired) electrons. The largest absolute Gasteiger partial charge is 0.497 e. The van der Waals surface area contributed by atoms with Crippen molar-refractivity contribution in [3.05, 3.63) is 52.8 Å². The van der Waals surface area contributed by atoms with Gasteiger partial charge in [0.1, 0.15) is 22.7 Å². The highest BCUT2D eigenvalue weighted by molar-refractivity contribution is 9.10. The molecule has 0 N–H and O–H groups in total. The number of rotatable bonds is 4. The lowest BCUT2D eigenvalue weighted by Crippen LogP contribution is -1.95. The van der Waals surface area contributed by atoms with Gasteiger partial charge in [-0.3, -0.25) is 0 Å². The number of halogens is 1. The molecule has 0 aliphatic carbocycles. The summed E-state index contributed by atoms with van der Waals surface area (Å²) in [6.45, 7) is 0.521. The number of hydrogen-bond donors (Lipinski definition) is 0. The molecule has 0 saturated carbocycles. The first-order valence-corrected chi connectivity index (χ1v) is 5.94. The van der Waals surface area contributed by atoms with Crippen LogP contribution < -0.4 is 9.47 Å². The van der Waals surface area contributed by atoms with E-state index in [0.717, 1.165) is 21.7 Å². The van der Waals surface area contributed by atoms with Gasteiger partial charge in [-0.2, -0.15) is 0 Å². The Hall–Kier alpha value is -1.55. The first-order chi connectivity index (χ1) is 8.28. The number of methoxy groups -OCH3 is 1. The molecule has 17 heavy (non-hydrogen) atoms. The molecule has 1 aromatic carbocycles. The second kappa shape index (κ2) is 5.68. The van der Waals surface area contributed by atoms with E-state index in [1.807, 2.05) is 36.4 Å². The van der Waals surface area contributed by atoms with E-state index in [2.05, 4.69) is 20.9 Å². The maximum atomic E-state index is 5.64. The SMILES string of the molecule is COc1ccc(OCc2ccnc(Br)c2)cc1. The Bertz CT molecular complexity index is 485. The Morgan fingerprint density at radius 1 is 1.12 bits per heavy atom. The highest BCUT2D eigenvalue weighted by Crippen LogP contribution is 2.18. The first kappa shape index (κ1) is 11.9. The molecule has 3 nitrogen and oxygen atoms in total. The summed E-state index contributed by atoms with van der Waals surface area (Å²) in [7, 11) is 1.64. The molecule has 0 saturated heterocycles. The Labute approximate surface area is 109 Å². The summed E-state index contributed by atoms with van der Waals surface area (Å²) in [5.41, 5.74) is 1.07. The van der Waals surface area contributed by atoms with Crippen LogP contribution in [0.1, 0.15) is 5.56 Å². The van der Waals surface area contributed by atoms with Crippen LogP contribution in [0.4, 0.5) is 0 Å². The van der Waals surface area contributed by atoms with Crippen molar-refractivity contribution in [3.63, 3.8) is 0 Å². The fourth-order valence-corrected chi connectivity index (χ4v) is 1.78. The molecule has 2 rings (SSSR count). The van der Waals surface area contributed by atoms with Gasteiger partial charge in [0, 0.05) is 6.20 Å². The predicted octanol–water partition coefficient (Wildman–Crippen LogP) is 3.43. The molecule has 4 heteroatoms. The number of aromatic nitrogens is 1. The topological polar surface area (TPSA) is 31.4 Å². The third kappa shape index (κ3) is 3.46. The van der Waals surface area contributed by atoms with Crippen molar-refractivity contribution in [1.82, 2.24) is 4.98 Å². The number of hydrogen-bond acceptors (Lipinski definition) is 3. The zero-order valence-corrected chi connectivity index (χ0v) is 11.0. The molecule has 0 aliphatic heterocycles. The molecule has 0 bridgehead atoms. The van der Waals surface area contributed by atoms with Crippen molar-refractivity contribution in [2.24, 2.45) is 0 Å². The van der Waals surface area contributed by atoms with Gasteiger partial charge < -0.3 is 9.47 Å². The first-order valence-electron chi connectivity index (χ1n) is 5.15. The molecule has 0 atom stereocenters. The van der Waals surface area contributed by atoms with E-state index in [-0.39, 0.29) is 0 Å². The van der Waals surface area contributed by atoms with E-state index in [4.69, 9.17) is 9.47 Å². The summed E-state index contributed by atoms with van der Waals surface area (Å²) < 4.78 is 11.5. The lowest BCUT2D eigenvalue weighted by molar-refractivity contribution is 0.305. The van der Waals surface area contributed by atoms with Crippen molar-refractivity contribution in [3.8, 4) is 11.5 Å². The van der Waals surface area contributed by atoms with E-state index >= 15 is 0 Å². The summed E-state index contributed by atoms with van der Waals surface area (Å²) in [6, 6.07) is 11.4. The summed E-state index contributed by atoms with van der Waals surface area (Å²) in [6.07, 6.45) is 1.75. The number of benzene rings is 1. The number of nitrogens with zero attached hydrogens (tertiary/aromatic N) is 1. The predicted molar refractivity (Wildman–Crippen MR) is 69.3 cm³/mol. The van der Waals surface area contributed by atoms with Crippen molar-refractivity contribution >= 4 is 15.9 Å². The quantitative estimate of drug-likeness (QED) is 0.810. The van der Waals surface area contributed by atoms with Crippen molar-refractivity contribution in [2.45, 2.75) is 6.61 Å². The maximum Gasteiger partial charge on any atom is 0.120 e. The van der Waals surface area contributed by atoms with Crippen LogP contribution in [0.25, 0.3) is 0 Å². The molecule has 1 aromatic heterocycles. The van der Waals surface area contributed by atoms with Gasteiger partial charge in [-0.05, 0) is 57.9 Å². The van der Waals surface area contributed by atoms with Crippen LogP contribution in [0.15, 0.2) is 47.2 Å². The third-order valence-corrected chi connectivity index (χ3v) is 2.69. The van der Waals surface area contributed by atoms with E-state index in [0.29, 0.717) is 6.61 Å². The molecule has 1 heterocycles. The van der Waals surface area contributed by atoms with Crippen molar-refractivity contribution in [2.75, 3.05) is 7.11 Å². The molecule has 2 aromatic rings. The molecular weight excluding hydrogens is 282 g/mol. The standard InChI is InChI=1S/C13H12BrNO2/c1-16-11-2-4-12(5-3-11)17-9-10-6-7-15-13(14)8-10/h2-8H,9H2,1H3. The van der Waals surface area contributed by atoms with Gasteiger partial charge in [0.2, 0.25) is 0 Å². The summed E-state index contributed by atoms with van der Waals surface area (Å²) in [5, 5.41) is 0. The highest BCUT2D eigenvalue weighted by Gasteiger charge is 1.98. The average Bonchev–Trinajstić information content (AvgIpc) is 2.37. The van der Waals surface area contributed by atoms with E-state index in [1.54, 1.807) is 13.3 Å². The lowest BCUT2D eigenvalue weighted by Gasteiger charge is -2.07. The van der Waals surface area contributed by atoms with Gasteiger partial charge in [0.05, 0.1) is 7.11 Å². The van der Waals surface area contributed by atoms with Gasteiger partial charge in [-0.1, -0.05) is 0 Å². The normalized spacial score (nSPS) is 10.0. The molecule has 0 aliphatic rings. The second-order valence-electron chi connectivity index (χ2n) is 3.45. The van der Waals surface area contributed by atoms with E-state index in [1.165, 1.54) is 0 Å². The van der Waals surface area contributed by atoms with Gasteiger partial charge in [0.15, 0.2) is 0 Å². The molecule has 0 unspecified atom stereocenters. The van der Waals surface area contributed by atoms with Crippen molar-refractivity contribution < 1.29 is 9.47 Å². The Balaban J connectivity index is 1.97. The summed E-state index contributed by atoms with van der Waals surface area (Å²) in [5.74, 6) is 1.64. The smallest absolute Gasteiger partial charge is 0.120 e. The fourth-order valence-electron chi connectivity index (χ4n) is 1.37. The maximum absolute atomic E-state index is 5.64. The van der Waals surface area contributed by atoms with E-state index < -0.39 is 0 Å². The Morgan fingerprint density at radius 2 is 1.82 bits per heavy atom. The van der Waals surface area contributed by atoms with Crippen LogP contribution in [0.5, 0.6) is 11.5 Å². The minimum Gasteiger partial charge on any atom is -0.497 e. The van der Waals surface area contributed by atoms with Gasteiger partial charge in [0.25, 0.3) is 0 Å². The third-order valence-electron chi connectivity index (χ3n) is 2.26. The number of ether oxygens (including phenoxy) is 2. The molecule has 0 amide bonds. The number of pyridine rings is 1. The van der Waals surface area contributed by atoms with Crippen LogP contribution >= 0.6 is 15.9 Å². The minimum absolute atomic E-state index is 0.521. The molecule has 0 fully saturated rings. The molecule has 88 valence electrons. The Morgan fingerprint density at radius 3 is 2.47 bits per heavy atom. The zero-order valence-electron chi connectivity index (χ0n) is 9.39. The Kier molecular flexibility index (Phi) is 3.98.